The predicted octanol–water partition coefficient (Wildman–Crippen LogP) is 3.29. The molecule has 1 aromatic heterocycles. The van der Waals surface area contributed by atoms with Crippen LogP contribution in [-0.2, 0) is 6.61 Å². The molecule has 13 heavy (non-hydrogen) atoms. The molecule has 0 atom stereocenters. The lowest BCUT2D eigenvalue weighted by Crippen LogP contribution is -1.75. The number of benzene rings is 1. The number of hydrogen-bond donors (Lipinski definition) is 2. The van der Waals surface area contributed by atoms with Gasteiger partial charge in [-0.05, 0) is 28.7 Å². The molecule has 0 radical (unpaired) electrons. The molecule has 2 rings (SSSR count). The molecule has 0 spiro atoms. The van der Waals surface area contributed by atoms with Crippen LogP contribution < -0.4 is 0 Å². The molecule has 1 aromatic carbocycles. The largest absolute Gasteiger partial charge is 0.391 e. The van der Waals surface area contributed by atoms with Gasteiger partial charge in [-0.15, -0.1) is 24.0 Å². The summed E-state index contributed by atoms with van der Waals surface area (Å²) < 4.78 is 2.44. The Morgan fingerprint density at radius 2 is 2.23 bits per heavy atom. The van der Waals surface area contributed by atoms with Gasteiger partial charge < -0.3 is 5.11 Å². The SMILES string of the molecule is OCc1sc2c(I)cccc2c1S. The van der Waals surface area contributed by atoms with Gasteiger partial charge in [0.2, 0.25) is 0 Å². The summed E-state index contributed by atoms with van der Waals surface area (Å²) in [5, 5.41) is 10.2. The normalized spacial score (nSPS) is 11.0. The number of halogens is 1. The van der Waals surface area contributed by atoms with E-state index in [9.17, 15) is 0 Å². The highest BCUT2D eigenvalue weighted by Crippen LogP contribution is 2.36. The summed E-state index contributed by atoms with van der Waals surface area (Å²) in [6.45, 7) is 0.0776. The average Bonchev–Trinajstić information content (AvgIpc) is 2.45. The number of fused-ring (bicyclic) bond motifs is 1. The summed E-state index contributed by atoms with van der Waals surface area (Å²) in [4.78, 5) is 1.86. The van der Waals surface area contributed by atoms with Gasteiger partial charge in [0.25, 0.3) is 0 Å². The summed E-state index contributed by atoms with van der Waals surface area (Å²) in [6.07, 6.45) is 0. The van der Waals surface area contributed by atoms with Gasteiger partial charge in [0.05, 0.1) is 6.61 Å². The van der Waals surface area contributed by atoms with Crippen molar-refractivity contribution in [2.45, 2.75) is 11.5 Å². The van der Waals surface area contributed by atoms with Crippen molar-refractivity contribution in [1.29, 1.82) is 0 Å². The minimum Gasteiger partial charge on any atom is -0.391 e. The van der Waals surface area contributed by atoms with Gasteiger partial charge in [0.15, 0.2) is 0 Å². The van der Waals surface area contributed by atoms with Crippen molar-refractivity contribution in [2.24, 2.45) is 0 Å². The third-order valence-electron chi connectivity index (χ3n) is 1.86. The van der Waals surface area contributed by atoms with E-state index in [-0.39, 0.29) is 6.61 Å². The monoisotopic (exact) mass is 322 g/mol. The zero-order valence-electron chi connectivity index (χ0n) is 6.62. The fraction of sp³-hybridized carbons (Fsp3) is 0.111. The Morgan fingerprint density at radius 3 is 2.85 bits per heavy atom. The van der Waals surface area contributed by atoms with E-state index in [4.69, 9.17) is 5.11 Å². The van der Waals surface area contributed by atoms with Crippen molar-refractivity contribution < 1.29 is 5.11 Å². The van der Waals surface area contributed by atoms with Crippen molar-refractivity contribution in [3.63, 3.8) is 0 Å². The second kappa shape index (κ2) is 3.76. The van der Waals surface area contributed by atoms with E-state index in [0.29, 0.717) is 0 Å². The molecule has 0 saturated carbocycles. The topological polar surface area (TPSA) is 20.2 Å². The molecule has 4 heteroatoms. The van der Waals surface area contributed by atoms with Gasteiger partial charge in [-0.1, -0.05) is 12.1 Å². The maximum Gasteiger partial charge on any atom is 0.0786 e. The van der Waals surface area contributed by atoms with Crippen molar-refractivity contribution in [2.75, 3.05) is 0 Å². The van der Waals surface area contributed by atoms with Crippen LogP contribution in [0.25, 0.3) is 10.1 Å². The van der Waals surface area contributed by atoms with Crippen LogP contribution in [-0.4, -0.2) is 5.11 Å². The molecule has 2 aromatic rings. The lowest BCUT2D eigenvalue weighted by molar-refractivity contribution is 0.283. The van der Waals surface area contributed by atoms with Gasteiger partial charge in [-0.3, -0.25) is 0 Å². The molecule has 0 amide bonds. The molecule has 0 aliphatic carbocycles. The molecule has 0 fully saturated rings. The Hall–Kier alpha value is 0.220. The van der Waals surface area contributed by atoms with Crippen LogP contribution in [0.15, 0.2) is 23.1 Å². The molecule has 0 unspecified atom stereocenters. The van der Waals surface area contributed by atoms with Gasteiger partial charge in [0.1, 0.15) is 0 Å². The van der Waals surface area contributed by atoms with E-state index >= 15 is 0 Å². The third kappa shape index (κ3) is 1.60. The number of thiol groups is 1. The maximum absolute atomic E-state index is 9.07. The average molecular weight is 322 g/mol. The molecular formula is C9H7IOS2. The number of aliphatic hydroxyl groups excluding tert-OH is 1. The Balaban J connectivity index is 2.83. The maximum atomic E-state index is 9.07. The number of rotatable bonds is 1. The molecule has 1 N–H and O–H groups in total. The minimum absolute atomic E-state index is 0.0776. The van der Waals surface area contributed by atoms with Gasteiger partial charge in [-0.2, -0.15) is 0 Å². The van der Waals surface area contributed by atoms with Gasteiger partial charge >= 0.3 is 0 Å². The highest BCUT2D eigenvalue weighted by atomic mass is 127. The third-order valence-corrected chi connectivity index (χ3v) is 5.01. The van der Waals surface area contributed by atoms with Crippen molar-refractivity contribution in [3.8, 4) is 0 Å². The first-order chi connectivity index (χ1) is 6.24. The standard InChI is InChI=1S/C9H7IOS2/c10-6-3-1-2-5-8(12)7(4-11)13-9(5)6/h1-3,11-12H,4H2. The van der Waals surface area contributed by atoms with E-state index in [1.165, 1.54) is 8.27 Å². The van der Waals surface area contributed by atoms with Crippen LogP contribution in [0.2, 0.25) is 0 Å². The Labute approximate surface area is 99.3 Å². The first-order valence-corrected chi connectivity index (χ1v) is 6.08. The number of hydrogen-bond acceptors (Lipinski definition) is 3. The molecule has 0 aliphatic heterocycles. The van der Waals surface area contributed by atoms with Crippen LogP contribution in [0.5, 0.6) is 0 Å². The van der Waals surface area contributed by atoms with E-state index in [0.717, 1.165) is 15.2 Å². The number of aliphatic hydroxyl groups is 1. The smallest absolute Gasteiger partial charge is 0.0786 e. The minimum atomic E-state index is 0.0776. The molecule has 68 valence electrons. The van der Waals surface area contributed by atoms with E-state index in [1.807, 2.05) is 12.1 Å². The van der Waals surface area contributed by atoms with Crippen LogP contribution in [0.3, 0.4) is 0 Å². The summed E-state index contributed by atoms with van der Waals surface area (Å²) >= 11 is 8.31. The van der Waals surface area contributed by atoms with E-state index < -0.39 is 0 Å². The van der Waals surface area contributed by atoms with Crippen molar-refractivity contribution in [3.05, 3.63) is 26.6 Å². The summed E-state index contributed by atoms with van der Waals surface area (Å²) in [5.74, 6) is 0. The zero-order chi connectivity index (χ0) is 9.42. The molecule has 1 nitrogen and oxygen atoms in total. The second-order valence-corrected chi connectivity index (χ2v) is 5.36. The first-order valence-electron chi connectivity index (χ1n) is 3.73. The number of thiophene rings is 1. The van der Waals surface area contributed by atoms with Crippen LogP contribution in [0.4, 0.5) is 0 Å². The fourth-order valence-corrected chi connectivity index (χ4v) is 3.49. The Morgan fingerprint density at radius 1 is 1.46 bits per heavy atom. The summed E-state index contributed by atoms with van der Waals surface area (Å²) in [7, 11) is 0. The summed E-state index contributed by atoms with van der Waals surface area (Å²) in [6, 6.07) is 6.11. The highest BCUT2D eigenvalue weighted by Gasteiger charge is 2.09. The van der Waals surface area contributed by atoms with E-state index in [2.05, 4.69) is 41.3 Å². The van der Waals surface area contributed by atoms with Crippen LogP contribution in [0, 0.1) is 3.57 Å². The predicted molar refractivity (Wildman–Crippen MR) is 67.7 cm³/mol. The second-order valence-electron chi connectivity index (χ2n) is 2.65. The quantitative estimate of drug-likeness (QED) is 0.610. The van der Waals surface area contributed by atoms with Crippen LogP contribution in [0.1, 0.15) is 4.88 Å². The molecular weight excluding hydrogens is 315 g/mol. The zero-order valence-corrected chi connectivity index (χ0v) is 10.5. The molecule has 1 heterocycles. The van der Waals surface area contributed by atoms with Gasteiger partial charge in [-0.25, -0.2) is 0 Å². The lowest BCUT2D eigenvalue weighted by atomic mass is 10.2. The van der Waals surface area contributed by atoms with E-state index in [1.54, 1.807) is 11.3 Å². The fourth-order valence-electron chi connectivity index (χ4n) is 1.23. The van der Waals surface area contributed by atoms with Crippen molar-refractivity contribution >= 4 is 56.6 Å². The lowest BCUT2D eigenvalue weighted by Gasteiger charge is -1.92. The molecule has 0 saturated heterocycles. The molecule has 0 bridgehead atoms. The van der Waals surface area contributed by atoms with Gasteiger partial charge in [0, 0.05) is 23.4 Å². The Kier molecular flexibility index (Phi) is 2.83. The molecule has 0 aliphatic rings. The summed E-state index contributed by atoms with van der Waals surface area (Å²) in [5.41, 5.74) is 0. The highest BCUT2D eigenvalue weighted by molar-refractivity contribution is 14.1. The Bertz CT molecular complexity index is 450. The van der Waals surface area contributed by atoms with Crippen LogP contribution >= 0.6 is 46.6 Å². The van der Waals surface area contributed by atoms with Crippen molar-refractivity contribution in [1.82, 2.24) is 0 Å². The first kappa shape index (κ1) is 9.76.